The summed E-state index contributed by atoms with van der Waals surface area (Å²) < 4.78 is 37.8. The van der Waals surface area contributed by atoms with Crippen LogP contribution in [-0.4, -0.2) is 16.9 Å². The van der Waals surface area contributed by atoms with Crippen molar-refractivity contribution in [2.45, 2.75) is 19.1 Å². The van der Waals surface area contributed by atoms with Gasteiger partial charge in [-0.25, -0.2) is 0 Å². The summed E-state index contributed by atoms with van der Waals surface area (Å²) in [5.41, 5.74) is -0.240. The third kappa shape index (κ3) is 3.76. The molecule has 25 heavy (non-hydrogen) atoms. The monoisotopic (exact) mass is 368 g/mol. The topological polar surface area (TPSA) is 62.0 Å². The number of nitrogens with one attached hydrogen (secondary N) is 2. The van der Waals surface area contributed by atoms with Gasteiger partial charge in [0.2, 0.25) is 0 Å². The minimum Gasteiger partial charge on any atom is -0.378 e. The number of H-pyrrole nitrogens is 1. The molecule has 2 aromatic rings. The molecule has 0 unspecified atom stereocenters. The van der Waals surface area contributed by atoms with Crippen LogP contribution in [0.15, 0.2) is 52.5 Å². The van der Waals surface area contributed by atoms with E-state index in [-0.39, 0.29) is 17.8 Å². The molecule has 1 aliphatic carbocycles. The molecule has 0 atom stereocenters. The Bertz CT molecular complexity index is 974. The van der Waals surface area contributed by atoms with E-state index < -0.39 is 24.0 Å². The first-order valence-electron chi connectivity index (χ1n) is 7.30. The molecule has 1 aliphatic rings. The third-order valence-electron chi connectivity index (χ3n) is 3.82. The van der Waals surface area contributed by atoms with Crippen LogP contribution in [0.5, 0.6) is 0 Å². The SMILES string of the molecule is O=C1CC(C(F)(F)F)=CC=C1NCc1cc2cc(Cl)ccc2[nH]c1=O. The molecular formula is C17H12ClF3N2O2. The number of alkyl halides is 3. The summed E-state index contributed by atoms with van der Waals surface area (Å²) in [6.45, 7) is 0.00452. The second-order valence-electron chi connectivity index (χ2n) is 5.58. The maximum absolute atomic E-state index is 12.6. The highest BCUT2D eigenvalue weighted by Crippen LogP contribution is 2.31. The van der Waals surface area contributed by atoms with E-state index >= 15 is 0 Å². The van der Waals surface area contributed by atoms with Gasteiger partial charge in [-0.1, -0.05) is 17.7 Å². The lowest BCUT2D eigenvalue weighted by molar-refractivity contribution is -0.120. The first kappa shape index (κ1) is 17.3. The fourth-order valence-corrected chi connectivity index (χ4v) is 2.68. The van der Waals surface area contributed by atoms with E-state index in [2.05, 4.69) is 10.3 Å². The number of rotatable bonds is 3. The first-order valence-corrected chi connectivity index (χ1v) is 7.68. The van der Waals surface area contributed by atoms with Gasteiger partial charge in [0.15, 0.2) is 5.78 Å². The maximum Gasteiger partial charge on any atom is 0.413 e. The number of hydrogen-bond acceptors (Lipinski definition) is 3. The number of carbonyl (C=O) groups excluding carboxylic acids is 1. The number of halogens is 4. The molecule has 0 aliphatic heterocycles. The Hall–Kier alpha value is -2.54. The molecule has 1 aromatic heterocycles. The fourth-order valence-electron chi connectivity index (χ4n) is 2.50. The molecule has 0 amide bonds. The molecule has 0 saturated carbocycles. The predicted molar refractivity (Wildman–Crippen MR) is 88.3 cm³/mol. The number of aromatic nitrogens is 1. The van der Waals surface area contributed by atoms with Crippen LogP contribution in [0.3, 0.4) is 0 Å². The van der Waals surface area contributed by atoms with Crippen molar-refractivity contribution >= 4 is 28.3 Å². The van der Waals surface area contributed by atoms with Crippen LogP contribution in [-0.2, 0) is 11.3 Å². The summed E-state index contributed by atoms with van der Waals surface area (Å²) in [4.78, 5) is 26.6. The van der Waals surface area contributed by atoms with Crippen LogP contribution in [0.4, 0.5) is 13.2 Å². The summed E-state index contributed by atoms with van der Waals surface area (Å²) in [7, 11) is 0. The van der Waals surface area contributed by atoms with Gasteiger partial charge >= 0.3 is 6.18 Å². The van der Waals surface area contributed by atoms with Gasteiger partial charge in [0.05, 0.1) is 5.70 Å². The maximum atomic E-state index is 12.6. The molecule has 4 nitrogen and oxygen atoms in total. The average Bonchev–Trinajstić information content (AvgIpc) is 2.53. The highest BCUT2D eigenvalue weighted by molar-refractivity contribution is 6.31. The zero-order valence-corrected chi connectivity index (χ0v) is 13.5. The van der Waals surface area contributed by atoms with Crippen molar-refractivity contribution in [2.24, 2.45) is 0 Å². The molecule has 130 valence electrons. The van der Waals surface area contributed by atoms with Gasteiger partial charge in [0.25, 0.3) is 5.56 Å². The summed E-state index contributed by atoms with van der Waals surface area (Å²) in [5, 5.41) is 3.95. The van der Waals surface area contributed by atoms with Crippen molar-refractivity contribution in [3.05, 3.63) is 68.6 Å². The van der Waals surface area contributed by atoms with Crippen molar-refractivity contribution in [1.82, 2.24) is 10.3 Å². The molecule has 0 fully saturated rings. The number of allylic oxidation sites excluding steroid dienone is 4. The second kappa shape index (κ2) is 6.40. The number of benzene rings is 1. The van der Waals surface area contributed by atoms with Crippen molar-refractivity contribution in [2.75, 3.05) is 0 Å². The molecular weight excluding hydrogens is 357 g/mol. The number of pyridine rings is 1. The molecule has 2 N–H and O–H groups in total. The van der Waals surface area contributed by atoms with Crippen LogP contribution in [0.2, 0.25) is 5.02 Å². The number of hydrogen-bond donors (Lipinski definition) is 2. The lowest BCUT2D eigenvalue weighted by Crippen LogP contribution is -2.27. The summed E-state index contributed by atoms with van der Waals surface area (Å²) >= 11 is 5.92. The Morgan fingerprint density at radius 3 is 2.60 bits per heavy atom. The van der Waals surface area contributed by atoms with E-state index in [1.165, 1.54) is 0 Å². The smallest absolute Gasteiger partial charge is 0.378 e. The third-order valence-corrected chi connectivity index (χ3v) is 4.05. The van der Waals surface area contributed by atoms with Gasteiger partial charge in [0.1, 0.15) is 0 Å². The minimum absolute atomic E-state index is 0.00452. The van der Waals surface area contributed by atoms with Crippen LogP contribution < -0.4 is 10.9 Å². The Balaban J connectivity index is 1.82. The van der Waals surface area contributed by atoms with Gasteiger partial charge < -0.3 is 10.3 Å². The zero-order chi connectivity index (χ0) is 18.2. The highest BCUT2D eigenvalue weighted by Gasteiger charge is 2.36. The van der Waals surface area contributed by atoms with Gasteiger partial charge in [-0.3, -0.25) is 9.59 Å². The molecule has 8 heteroatoms. The van der Waals surface area contributed by atoms with Crippen LogP contribution in [0, 0.1) is 0 Å². The van der Waals surface area contributed by atoms with Crippen molar-refractivity contribution in [1.29, 1.82) is 0 Å². The molecule has 0 bridgehead atoms. The van der Waals surface area contributed by atoms with E-state index in [9.17, 15) is 22.8 Å². The van der Waals surface area contributed by atoms with Crippen LogP contribution in [0.1, 0.15) is 12.0 Å². The van der Waals surface area contributed by atoms with Gasteiger partial charge in [0, 0.05) is 40.0 Å². The van der Waals surface area contributed by atoms with E-state index in [0.29, 0.717) is 21.5 Å². The standard InChI is InChI=1S/C17H12ClF3N2O2/c18-12-2-4-13-9(6-12)5-10(16(25)23-13)8-22-14-3-1-11(7-15(14)24)17(19,20)21/h1-6,22H,7-8H2,(H,23,25). The number of ketones is 1. The number of carbonyl (C=O) groups is 1. The lowest BCUT2D eigenvalue weighted by Gasteiger charge is -2.17. The number of Topliss-reactive ketones (excluding diaryl/α,β-unsaturated/α-hetero) is 1. The largest absolute Gasteiger partial charge is 0.413 e. The molecule has 1 heterocycles. The van der Waals surface area contributed by atoms with Crippen molar-refractivity contribution < 1.29 is 18.0 Å². The fraction of sp³-hybridized carbons (Fsp3) is 0.176. The first-order chi connectivity index (χ1) is 11.7. The van der Waals surface area contributed by atoms with Gasteiger partial charge in [-0.15, -0.1) is 0 Å². The quantitative estimate of drug-likeness (QED) is 0.870. The number of aromatic amines is 1. The lowest BCUT2D eigenvalue weighted by atomic mass is 10.0. The molecule has 0 radical (unpaired) electrons. The summed E-state index contributed by atoms with van der Waals surface area (Å²) in [5.74, 6) is -0.671. The Morgan fingerprint density at radius 1 is 1.16 bits per heavy atom. The van der Waals surface area contributed by atoms with E-state index in [1.807, 2.05) is 0 Å². The van der Waals surface area contributed by atoms with E-state index in [1.54, 1.807) is 24.3 Å². The van der Waals surface area contributed by atoms with Crippen molar-refractivity contribution in [3.63, 3.8) is 0 Å². The van der Waals surface area contributed by atoms with Gasteiger partial charge in [-0.05, 0) is 30.3 Å². The summed E-state index contributed by atoms with van der Waals surface area (Å²) in [6.07, 6.45) is -3.28. The summed E-state index contributed by atoms with van der Waals surface area (Å²) in [6, 6.07) is 6.62. The molecule has 0 saturated heterocycles. The molecule has 1 aromatic carbocycles. The Kier molecular flexibility index (Phi) is 4.43. The van der Waals surface area contributed by atoms with Crippen LogP contribution >= 0.6 is 11.6 Å². The molecule has 0 spiro atoms. The van der Waals surface area contributed by atoms with Gasteiger partial charge in [-0.2, -0.15) is 13.2 Å². The second-order valence-corrected chi connectivity index (χ2v) is 6.02. The number of fused-ring (bicyclic) bond motifs is 1. The normalized spacial score (nSPS) is 15.1. The van der Waals surface area contributed by atoms with Crippen LogP contribution in [0.25, 0.3) is 10.9 Å². The molecule has 3 rings (SSSR count). The average molecular weight is 369 g/mol. The highest BCUT2D eigenvalue weighted by atomic mass is 35.5. The predicted octanol–water partition coefficient (Wildman–Crippen LogP) is 3.62. The van der Waals surface area contributed by atoms with Crippen molar-refractivity contribution in [3.8, 4) is 0 Å². The zero-order valence-electron chi connectivity index (χ0n) is 12.7. The Labute approximate surface area is 145 Å². The minimum atomic E-state index is -4.52. The van der Waals surface area contributed by atoms with E-state index in [4.69, 9.17) is 11.6 Å². The van der Waals surface area contributed by atoms with E-state index in [0.717, 1.165) is 12.2 Å². The Morgan fingerprint density at radius 2 is 1.92 bits per heavy atom.